The highest BCUT2D eigenvalue weighted by molar-refractivity contribution is 7.89. The summed E-state index contributed by atoms with van der Waals surface area (Å²) in [7, 11) is -1.48. The predicted molar refractivity (Wildman–Crippen MR) is 105 cm³/mol. The quantitative estimate of drug-likeness (QED) is 0.376. The standard InChI is InChI=1S/C18H32N4O2S/c1-5-16-11-8-9-12-17(16)15-21-18(19-6-2)20-13-10-14-22(4)25(23,24)7-3/h8-9,11-12H,5-7,10,13-15H2,1-4H3,(H2,19,20,21). The average Bonchev–Trinajstić information content (AvgIpc) is 2.62. The van der Waals surface area contributed by atoms with Crippen molar-refractivity contribution >= 4 is 16.0 Å². The van der Waals surface area contributed by atoms with E-state index in [1.165, 1.54) is 15.4 Å². The molecule has 0 amide bonds. The summed E-state index contributed by atoms with van der Waals surface area (Å²) in [4.78, 5) is 4.64. The molecular formula is C18H32N4O2S. The number of hydrogen-bond donors (Lipinski definition) is 2. The lowest BCUT2D eigenvalue weighted by molar-refractivity contribution is 0.461. The number of rotatable bonds is 10. The Morgan fingerprint density at radius 2 is 1.80 bits per heavy atom. The van der Waals surface area contributed by atoms with Gasteiger partial charge in [-0.25, -0.2) is 17.7 Å². The van der Waals surface area contributed by atoms with E-state index in [2.05, 4.69) is 40.7 Å². The van der Waals surface area contributed by atoms with Gasteiger partial charge in [0.05, 0.1) is 12.3 Å². The summed E-state index contributed by atoms with van der Waals surface area (Å²) in [6.07, 6.45) is 1.72. The van der Waals surface area contributed by atoms with Crippen LogP contribution >= 0.6 is 0 Å². The molecule has 1 aromatic rings. The number of nitrogens with one attached hydrogen (secondary N) is 2. The smallest absolute Gasteiger partial charge is 0.213 e. The lowest BCUT2D eigenvalue weighted by atomic mass is 10.1. The van der Waals surface area contributed by atoms with E-state index in [9.17, 15) is 8.42 Å². The van der Waals surface area contributed by atoms with Crippen molar-refractivity contribution in [2.24, 2.45) is 4.99 Å². The van der Waals surface area contributed by atoms with Crippen molar-refractivity contribution in [1.29, 1.82) is 0 Å². The molecule has 0 aliphatic carbocycles. The Kier molecular flexibility index (Phi) is 9.52. The van der Waals surface area contributed by atoms with Gasteiger partial charge in [0.25, 0.3) is 0 Å². The minimum absolute atomic E-state index is 0.137. The summed E-state index contributed by atoms with van der Waals surface area (Å²) in [5, 5.41) is 6.50. The second kappa shape index (κ2) is 11.1. The van der Waals surface area contributed by atoms with Gasteiger partial charge in [-0.15, -0.1) is 0 Å². The van der Waals surface area contributed by atoms with Crippen LogP contribution < -0.4 is 10.6 Å². The molecule has 142 valence electrons. The molecule has 0 aliphatic heterocycles. The van der Waals surface area contributed by atoms with E-state index < -0.39 is 10.0 Å². The van der Waals surface area contributed by atoms with Crippen LogP contribution in [-0.4, -0.2) is 51.1 Å². The molecule has 0 spiro atoms. The third-order valence-electron chi connectivity index (χ3n) is 4.03. The molecule has 0 aromatic heterocycles. The molecule has 0 unspecified atom stereocenters. The highest BCUT2D eigenvalue weighted by Crippen LogP contribution is 2.10. The van der Waals surface area contributed by atoms with Crippen molar-refractivity contribution in [2.45, 2.75) is 40.2 Å². The predicted octanol–water partition coefficient (Wildman–Crippen LogP) is 1.98. The third-order valence-corrected chi connectivity index (χ3v) is 5.89. The zero-order valence-corrected chi connectivity index (χ0v) is 16.7. The van der Waals surface area contributed by atoms with E-state index >= 15 is 0 Å². The number of aryl methyl sites for hydroxylation is 1. The van der Waals surface area contributed by atoms with Gasteiger partial charge in [-0.2, -0.15) is 0 Å². The van der Waals surface area contributed by atoms with Gasteiger partial charge in [-0.1, -0.05) is 31.2 Å². The Morgan fingerprint density at radius 1 is 1.12 bits per heavy atom. The molecule has 0 atom stereocenters. The molecule has 2 N–H and O–H groups in total. The number of nitrogens with zero attached hydrogens (tertiary/aromatic N) is 2. The van der Waals surface area contributed by atoms with Crippen LogP contribution in [0.2, 0.25) is 0 Å². The van der Waals surface area contributed by atoms with Gasteiger partial charge < -0.3 is 10.6 Å². The molecule has 0 saturated heterocycles. The fourth-order valence-electron chi connectivity index (χ4n) is 2.43. The van der Waals surface area contributed by atoms with Crippen molar-refractivity contribution in [3.8, 4) is 0 Å². The van der Waals surface area contributed by atoms with E-state index in [4.69, 9.17) is 0 Å². The average molecular weight is 369 g/mol. The topological polar surface area (TPSA) is 73.8 Å². The minimum Gasteiger partial charge on any atom is -0.357 e. The third kappa shape index (κ3) is 7.44. The van der Waals surface area contributed by atoms with E-state index in [0.29, 0.717) is 19.6 Å². The van der Waals surface area contributed by atoms with Crippen LogP contribution in [-0.2, 0) is 23.0 Å². The van der Waals surface area contributed by atoms with E-state index in [1.54, 1.807) is 14.0 Å². The molecule has 0 fully saturated rings. The van der Waals surface area contributed by atoms with Crippen molar-refractivity contribution in [2.75, 3.05) is 32.4 Å². The molecule has 25 heavy (non-hydrogen) atoms. The molecular weight excluding hydrogens is 336 g/mol. The van der Waals surface area contributed by atoms with Crippen molar-refractivity contribution < 1.29 is 8.42 Å². The molecule has 0 radical (unpaired) electrons. The van der Waals surface area contributed by atoms with Gasteiger partial charge in [0.1, 0.15) is 0 Å². The first-order valence-corrected chi connectivity index (χ1v) is 10.6. The van der Waals surface area contributed by atoms with Crippen LogP contribution in [0.4, 0.5) is 0 Å². The summed E-state index contributed by atoms with van der Waals surface area (Å²) in [6, 6.07) is 8.33. The van der Waals surface area contributed by atoms with Crippen LogP contribution in [0.1, 0.15) is 38.3 Å². The van der Waals surface area contributed by atoms with Crippen LogP contribution in [0.5, 0.6) is 0 Å². The van der Waals surface area contributed by atoms with Crippen molar-refractivity contribution in [1.82, 2.24) is 14.9 Å². The van der Waals surface area contributed by atoms with Gasteiger partial charge in [0.15, 0.2) is 5.96 Å². The molecule has 1 aromatic carbocycles. The van der Waals surface area contributed by atoms with Crippen LogP contribution in [0, 0.1) is 0 Å². The summed E-state index contributed by atoms with van der Waals surface area (Å²) in [5.74, 6) is 0.895. The molecule has 1 rings (SSSR count). The second-order valence-electron chi connectivity index (χ2n) is 5.82. The first-order valence-electron chi connectivity index (χ1n) is 8.97. The first kappa shape index (κ1) is 21.4. The molecule has 0 bridgehead atoms. The molecule has 0 saturated carbocycles. The van der Waals surface area contributed by atoms with E-state index in [0.717, 1.165) is 25.3 Å². The zero-order valence-electron chi connectivity index (χ0n) is 15.9. The van der Waals surface area contributed by atoms with Crippen molar-refractivity contribution in [3.63, 3.8) is 0 Å². The Hall–Kier alpha value is -1.60. The zero-order chi connectivity index (χ0) is 18.7. The van der Waals surface area contributed by atoms with Crippen LogP contribution in [0.15, 0.2) is 29.3 Å². The van der Waals surface area contributed by atoms with Gasteiger partial charge in [-0.05, 0) is 37.8 Å². The monoisotopic (exact) mass is 368 g/mol. The van der Waals surface area contributed by atoms with E-state index in [-0.39, 0.29) is 5.75 Å². The number of aliphatic imine (C=N–C) groups is 1. The molecule has 6 nitrogen and oxygen atoms in total. The van der Waals surface area contributed by atoms with Gasteiger partial charge in [-0.3, -0.25) is 0 Å². The Morgan fingerprint density at radius 3 is 2.40 bits per heavy atom. The maximum atomic E-state index is 11.7. The first-order chi connectivity index (χ1) is 11.9. The highest BCUT2D eigenvalue weighted by Gasteiger charge is 2.13. The molecule has 0 heterocycles. The normalized spacial score (nSPS) is 12.4. The van der Waals surface area contributed by atoms with Crippen molar-refractivity contribution in [3.05, 3.63) is 35.4 Å². The number of hydrogen-bond acceptors (Lipinski definition) is 3. The number of benzene rings is 1. The van der Waals surface area contributed by atoms with Gasteiger partial charge in [0, 0.05) is 26.7 Å². The highest BCUT2D eigenvalue weighted by atomic mass is 32.2. The van der Waals surface area contributed by atoms with Gasteiger partial charge >= 0.3 is 0 Å². The Bertz CT molecular complexity index is 644. The maximum Gasteiger partial charge on any atom is 0.213 e. The number of guanidine groups is 1. The second-order valence-corrected chi connectivity index (χ2v) is 8.18. The Balaban J connectivity index is 2.54. The van der Waals surface area contributed by atoms with Crippen LogP contribution in [0.25, 0.3) is 0 Å². The molecule has 7 heteroatoms. The van der Waals surface area contributed by atoms with Gasteiger partial charge in [0.2, 0.25) is 10.0 Å². The van der Waals surface area contributed by atoms with E-state index in [1.807, 2.05) is 13.0 Å². The maximum absolute atomic E-state index is 11.7. The summed E-state index contributed by atoms with van der Waals surface area (Å²) < 4.78 is 24.9. The largest absolute Gasteiger partial charge is 0.357 e. The van der Waals surface area contributed by atoms with Crippen LogP contribution in [0.3, 0.4) is 0 Å². The summed E-state index contributed by atoms with van der Waals surface area (Å²) >= 11 is 0. The fourth-order valence-corrected chi connectivity index (χ4v) is 3.28. The fraction of sp³-hybridized carbons (Fsp3) is 0.611. The lowest BCUT2D eigenvalue weighted by Crippen LogP contribution is -2.39. The lowest BCUT2D eigenvalue weighted by Gasteiger charge is -2.17. The Labute approximate surface area is 152 Å². The minimum atomic E-state index is -3.10. The summed E-state index contributed by atoms with van der Waals surface area (Å²) in [5.41, 5.74) is 2.55. The molecule has 0 aliphatic rings. The SMILES string of the molecule is CCNC(=NCc1ccccc1CC)NCCCN(C)S(=O)(=O)CC. The summed E-state index contributed by atoms with van der Waals surface area (Å²) in [6.45, 7) is 8.42. The number of sulfonamides is 1.